The maximum absolute atomic E-state index is 11.9. The Bertz CT molecular complexity index is 595. The molecule has 0 unspecified atom stereocenters. The van der Waals surface area contributed by atoms with Gasteiger partial charge in [0.2, 0.25) is 11.0 Å². The average Bonchev–Trinajstić information content (AvgIpc) is 2.87. The molecule has 2 rings (SSSR count). The molecule has 1 heterocycles. The number of benzene rings is 1. The third-order valence-corrected chi connectivity index (χ3v) is 5.15. The number of alkyl halides is 1. The van der Waals surface area contributed by atoms with E-state index < -0.39 is 0 Å². The van der Waals surface area contributed by atoms with Crippen molar-refractivity contribution in [2.45, 2.75) is 25.6 Å². The summed E-state index contributed by atoms with van der Waals surface area (Å²) < 4.78 is 0. The van der Waals surface area contributed by atoms with Crippen molar-refractivity contribution >= 4 is 38.3 Å². The summed E-state index contributed by atoms with van der Waals surface area (Å²) in [6.07, 6.45) is 0. The van der Waals surface area contributed by atoms with Gasteiger partial charge in [0.25, 0.3) is 0 Å². The predicted octanol–water partition coefficient (Wildman–Crippen LogP) is 3.87. The van der Waals surface area contributed by atoms with E-state index in [4.69, 9.17) is 0 Å². The smallest absolute Gasteiger partial charge is 0.240 e. The van der Waals surface area contributed by atoms with Crippen LogP contribution >= 0.6 is 27.3 Å². The quantitative estimate of drug-likeness (QED) is 0.848. The molecule has 0 aliphatic rings. The molecule has 0 spiro atoms. The van der Waals surface area contributed by atoms with E-state index in [2.05, 4.69) is 31.4 Å². The Hall–Kier alpha value is -1.27. The van der Waals surface area contributed by atoms with Crippen LogP contribution in [0.25, 0.3) is 10.6 Å². The number of carbonyl (C=O) groups is 1. The topological polar surface area (TPSA) is 54.9 Å². The lowest BCUT2D eigenvalue weighted by Gasteiger charge is -2.11. The number of halogens is 1. The fraction of sp³-hybridized carbons (Fsp3) is 0.357. The average molecular weight is 354 g/mol. The number of hydrogen-bond donors (Lipinski definition) is 1. The van der Waals surface area contributed by atoms with E-state index in [-0.39, 0.29) is 16.7 Å². The van der Waals surface area contributed by atoms with Crippen LogP contribution in [0.5, 0.6) is 0 Å². The van der Waals surface area contributed by atoms with Gasteiger partial charge in [-0.3, -0.25) is 10.1 Å². The molecule has 0 aliphatic heterocycles. The van der Waals surface area contributed by atoms with Crippen LogP contribution in [0, 0.1) is 12.8 Å². The van der Waals surface area contributed by atoms with Crippen molar-refractivity contribution in [2.75, 3.05) is 5.32 Å². The van der Waals surface area contributed by atoms with Crippen LogP contribution < -0.4 is 5.32 Å². The Kier molecular flexibility index (Phi) is 4.88. The first-order valence-corrected chi connectivity index (χ1v) is 8.06. The van der Waals surface area contributed by atoms with E-state index in [1.54, 1.807) is 0 Å². The predicted molar refractivity (Wildman–Crippen MR) is 86.3 cm³/mol. The summed E-state index contributed by atoms with van der Waals surface area (Å²) in [6, 6.07) is 8.07. The third-order valence-electron chi connectivity index (χ3n) is 2.79. The second kappa shape index (κ2) is 6.45. The number of nitrogens with one attached hydrogen (secondary N) is 1. The zero-order valence-corrected chi connectivity index (χ0v) is 14.0. The molecule has 1 aromatic heterocycles. The van der Waals surface area contributed by atoms with Gasteiger partial charge >= 0.3 is 0 Å². The molecule has 1 aromatic carbocycles. The van der Waals surface area contributed by atoms with Crippen molar-refractivity contribution in [3.63, 3.8) is 0 Å². The van der Waals surface area contributed by atoms with Crippen molar-refractivity contribution in [1.29, 1.82) is 0 Å². The maximum atomic E-state index is 11.9. The molecule has 0 saturated heterocycles. The van der Waals surface area contributed by atoms with Gasteiger partial charge < -0.3 is 0 Å². The van der Waals surface area contributed by atoms with Crippen molar-refractivity contribution in [3.05, 3.63) is 29.8 Å². The van der Waals surface area contributed by atoms with Crippen LogP contribution in [0.4, 0.5) is 5.13 Å². The zero-order chi connectivity index (χ0) is 14.7. The van der Waals surface area contributed by atoms with Gasteiger partial charge in [0, 0.05) is 5.56 Å². The Labute approximate surface area is 130 Å². The lowest BCUT2D eigenvalue weighted by Crippen LogP contribution is -2.26. The Morgan fingerprint density at radius 1 is 1.25 bits per heavy atom. The molecule has 106 valence electrons. The molecule has 1 amide bonds. The van der Waals surface area contributed by atoms with Crippen LogP contribution in [0.1, 0.15) is 19.4 Å². The molecule has 0 fully saturated rings. The SMILES string of the molecule is Cc1ccc(-c2nnc(NC(=O)[C@H](Br)C(C)C)s2)cc1. The summed E-state index contributed by atoms with van der Waals surface area (Å²) in [4.78, 5) is 11.7. The first kappa shape index (κ1) is 15.1. The van der Waals surface area contributed by atoms with Crippen molar-refractivity contribution < 1.29 is 4.79 Å². The number of carbonyl (C=O) groups excluding carboxylic acids is 1. The molecule has 4 nitrogen and oxygen atoms in total. The van der Waals surface area contributed by atoms with Crippen LogP contribution in [0.3, 0.4) is 0 Å². The van der Waals surface area contributed by atoms with Gasteiger partial charge in [-0.2, -0.15) is 0 Å². The third kappa shape index (κ3) is 3.64. The van der Waals surface area contributed by atoms with E-state index in [9.17, 15) is 4.79 Å². The van der Waals surface area contributed by atoms with Crippen LogP contribution in [0.2, 0.25) is 0 Å². The van der Waals surface area contributed by atoms with Crippen LogP contribution in [-0.2, 0) is 4.79 Å². The van der Waals surface area contributed by atoms with Crippen LogP contribution in [-0.4, -0.2) is 20.9 Å². The van der Waals surface area contributed by atoms with Gasteiger partial charge in [-0.25, -0.2) is 0 Å². The molecule has 20 heavy (non-hydrogen) atoms. The normalized spacial score (nSPS) is 12.4. The first-order valence-electron chi connectivity index (χ1n) is 6.33. The second-order valence-electron chi connectivity index (χ2n) is 4.91. The summed E-state index contributed by atoms with van der Waals surface area (Å²) in [5.74, 6) is 0.131. The molecule has 6 heteroatoms. The molecule has 0 bridgehead atoms. The van der Waals surface area contributed by atoms with E-state index in [1.165, 1.54) is 16.9 Å². The van der Waals surface area contributed by atoms with Gasteiger partial charge in [-0.1, -0.05) is 70.9 Å². The minimum Gasteiger partial charge on any atom is -0.300 e. The van der Waals surface area contributed by atoms with Crippen molar-refractivity contribution in [3.8, 4) is 10.6 Å². The van der Waals surface area contributed by atoms with E-state index >= 15 is 0 Å². The molecule has 1 atom stereocenters. The summed E-state index contributed by atoms with van der Waals surface area (Å²) in [5, 5.41) is 12.2. The van der Waals surface area contributed by atoms with Gasteiger partial charge in [0.15, 0.2) is 0 Å². The molecule has 1 N–H and O–H groups in total. The van der Waals surface area contributed by atoms with E-state index in [0.29, 0.717) is 5.13 Å². The number of aryl methyl sites for hydroxylation is 1. The highest BCUT2D eigenvalue weighted by molar-refractivity contribution is 9.10. The molecule has 2 aromatic rings. The lowest BCUT2D eigenvalue weighted by molar-refractivity contribution is -0.116. The fourth-order valence-electron chi connectivity index (χ4n) is 1.56. The molecular weight excluding hydrogens is 338 g/mol. The lowest BCUT2D eigenvalue weighted by atomic mass is 10.1. The van der Waals surface area contributed by atoms with E-state index in [0.717, 1.165) is 10.6 Å². The van der Waals surface area contributed by atoms with Gasteiger partial charge in [0.05, 0.1) is 4.83 Å². The van der Waals surface area contributed by atoms with Gasteiger partial charge in [0.1, 0.15) is 5.01 Å². The zero-order valence-electron chi connectivity index (χ0n) is 11.6. The summed E-state index contributed by atoms with van der Waals surface area (Å²) >= 11 is 4.74. The van der Waals surface area contributed by atoms with Gasteiger partial charge in [-0.05, 0) is 12.8 Å². The highest BCUT2D eigenvalue weighted by Gasteiger charge is 2.20. The highest BCUT2D eigenvalue weighted by atomic mass is 79.9. The fourth-order valence-corrected chi connectivity index (χ4v) is 2.43. The number of nitrogens with zero attached hydrogens (tertiary/aromatic N) is 2. The maximum Gasteiger partial charge on any atom is 0.240 e. The second-order valence-corrected chi connectivity index (χ2v) is 6.88. The minimum atomic E-state index is -0.228. The number of anilines is 1. The van der Waals surface area contributed by atoms with Crippen LogP contribution in [0.15, 0.2) is 24.3 Å². The van der Waals surface area contributed by atoms with Crippen molar-refractivity contribution in [1.82, 2.24) is 10.2 Å². The number of amides is 1. The largest absolute Gasteiger partial charge is 0.300 e. The summed E-state index contributed by atoms with van der Waals surface area (Å²) in [6.45, 7) is 6.01. The van der Waals surface area contributed by atoms with Crippen molar-refractivity contribution in [2.24, 2.45) is 5.92 Å². The highest BCUT2D eigenvalue weighted by Crippen LogP contribution is 2.27. The molecule has 0 radical (unpaired) electrons. The summed E-state index contributed by atoms with van der Waals surface area (Å²) in [7, 11) is 0. The number of rotatable bonds is 4. The standard InChI is InChI=1S/C14H16BrN3OS/c1-8(2)11(15)12(19)16-14-18-17-13(20-14)10-6-4-9(3)5-7-10/h4-8,11H,1-3H3,(H,16,18,19)/t11-/m1/s1. The first-order chi connectivity index (χ1) is 9.47. The Morgan fingerprint density at radius 3 is 2.50 bits per heavy atom. The molecule has 0 saturated carbocycles. The molecular formula is C14H16BrN3OS. The summed E-state index contributed by atoms with van der Waals surface area (Å²) in [5.41, 5.74) is 2.21. The number of hydrogen-bond acceptors (Lipinski definition) is 4. The minimum absolute atomic E-state index is 0.0911. The molecule has 0 aliphatic carbocycles. The Morgan fingerprint density at radius 2 is 1.90 bits per heavy atom. The monoisotopic (exact) mass is 353 g/mol. The van der Waals surface area contributed by atoms with E-state index in [1.807, 2.05) is 45.0 Å². The van der Waals surface area contributed by atoms with Gasteiger partial charge in [-0.15, -0.1) is 10.2 Å². The Balaban J connectivity index is 2.09. The number of aromatic nitrogens is 2.